The number of hydrogen-bond donors (Lipinski definition) is 1. The molecule has 0 saturated heterocycles. The third-order valence-corrected chi connectivity index (χ3v) is 3.63. The van der Waals surface area contributed by atoms with Gasteiger partial charge in [0.15, 0.2) is 0 Å². The maximum atomic E-state index is 6.22. The molecule has 0 saturated carbocycles. The van der Waals surface area contributed by atoms with Gasteiger partial charge in [-0.3, -0.25) is 0 Å². The molecule has 0 bridgehead atoms. The molecule has 0 aliphatic rings. The number of benzene rings is 1. The molecule has 108 valence electrons. The summed E-state index contributed by atoms with van der Waals surface area (Å²) in [5, 5.41) is 5.02. The van der Waals surface area contributed by atoms with E-state index in [-0.39, 0.29) is 11.5 Å². The van der Waals surface area contributed by atoms with Gasteiger partial charge in [-0.2, -0.15) is 0 Å². The van der Waals surface area contributed by atoms with E-state index in [9.17, 15) is 0 Å². The van der Waals surface area contributed by atoms with Crippen LogP contribution in [0.4, 0.5) is 0 Å². The van der Waals surface area contributed by atoms with Gasteiger partial charge < -0.3 is 10.2 Å². The number of halogens is 2. The fraction of sp³-hybridized carbons (Fsp3) is 0.600. The fourth-order valence-corrected chi connectivity index (χ4v) is 2.76. The highest BCUT2D eigenvalue weighted by molar-refractivity contribution is 6.33. The van der Waals surface area contributed by atoms with Gasteiger partial charge in [0.1, 0.15) is 0 Å². The third-order valence-electron chi connectivity index (χ3n) is 3.06. The molecule has 0 aliphatic heterocycles. The van der Waals surface area contributed by atoms with Crippen molar-refractivity contribution in [3.05, 3.63) is 33.8 Å². The highest BCUT2D eigenvalue weighted by Crippen LogP contribution is 2.27. The van der Waals surface area contributed by atoms with Crippen molar-refractivity contribution in [3.8, 4) is 0 Å². The normalized spacial score (nSPS) is 13.9. The fourth-order valence-electron chi connectivity index (χ4n) is 2.30. The summed E-state index contributed by atoms with van der Waals surface area (Å²) in [4.78, 5) is 2.21. The molecule has 0 amide bonds. The molecule has 1 aromatic rings. The third kappa shape index (κ3) is 5.70. The number of nitrogens with one attached hydrogen (secondary N) is 1. The lowest BCUT2D eigenvalue weighted by Crippen LogP contribution is -2.38. The second kappa shape index (κ2) is 6.94. The average molecular weight is 303 g/mol. The summed E-state index contributed by atoms with van der Waals surface area (Å²) in [6.45, 7) is 8.59. The molecule has 2 nitrogen and oxygen atoms in total. The highest BCUT2D eigenvalue weighted by Gasteiger charge is 2.20. The first-order valence-electron chi connectivity index (χ1n) is 6.54. The quantitative estimate of drug-likeness (QED) is 0.846. The van der Waals surface area contributed by atoms with Gasteiger partial charge in [0, 0.05) is 29.2 Å². The summed E-state index contributed by atoms with van der Waals surface area (Å²) in [5.74, 6) is 0. The van der Waals surface area contributed by atoms with Crippen molar-refractivity contribution in [2.45, 2.75) is 26.8 Å². The standard InChI is InChI=1S/C15H24Cl2N2/c1-11(13-8-12(16)6-7-14(13)17)18-9-15(2,3)10-19(4)5/h6-8,11,18H,9-10H2,1-5H3. The Hall–Kier alpha value is -0.280. The summed E-state index contributed by atoms with van der Waals surface area (Å²) in [7, 11) is 4.19. The molecule has 1 unspecified atom stereocenters. The molecule has 0 aliphatic carbocycles. The van der Waals surface area contributed by atoms with Crippen molar-refractivity contribution in [1.82, 2.24) is 10.2 Å². The molecule has 0 aromatic heterocycles. The Bertz CT molecular complexity index is 417. The maximum Gasteiger partial charge on any atom is 0.0454 e. The first-order valence-corrected chi connectivity index (χ1v) is 7.30. The molecule has 1 atom stereocenters. The Labute approximate surface area is 127 Å². The lowest BCUT2D eigenvalue weighted by molar-refractivity contribution is 0.227. The van der Waals surface area contributed by atoms with Gasteiger partial charge in [0.05, 0.1) is 0 Å². The Balaban J connectivity index is 2.65. The SMILES string of the molecule is CC(NCC(C)(C)CN(C)C)c1cc(Cl)ccc1Cl. The van der Waals surface area contributed by atoms with Crippen LogP contribution in [-0.4, -0.2) is 32.1 Å². The zero-order valence-corrected chi connectivity index (χ0v) is 13.9. The van der Waals surface area contributed by atoms with Gasteiger partial charge in [0.25, 0.3) is 0 Å². The topological polar surface area (TPSA) is 15.3 Å². The number of hydrogen-bond acceptors (Lipinski definition) is 2. The van der Waals surface area contributed by atoms with Gasteiger partial charge >= 0.3 is 0 Å². The molecule has 4 heteroatoms. The van der Waals surface area contributed by atoms with Crippen LogP contribution in [0.5, 0.6) is 0 Å². The Morgan fingerprint density at radius 1 is 1.26 bits per heavy atom. The van der Waals surface area contributed by atoms with Gasteiger partial charge in [-0.25, -0.2) is 0 Å². The van der Waals surface area contributed by atoms with Crippen molar-refractivity contribution in [2.75, 3.05) is 27.2 Å². The van der Waals surface area contributed by atoms with E-state index in [4.69, 9.17) is 23.2 Å². The lowest BCUT2D eigenvalue weighted by Gasteiger charge is -2.30. The van der Waals surface area contributed by atoms with Gasteiger partial charge in [0.2, 0.25) is 0 Å². The van der Waals surface area contributed by atoms with Gasteiger partial charge in [-0.15, -0.1) is 0 Å². The van der Waals surface area contributed by atoms with E-state index in [2.05, 4.69) is 45.1 Å². The number of nitrogens with zero attached hydrogens (tertiary/aromatic N) is 1. The molecular formula is C15H24Cl2N2. The van der Waals surface area contributed by atoms with E-state index >= 15 is 0 Å². The van der Waals surface area contributed by atoms with E-state index in [0.29, 0.717) is 0 Å². The second-order valence-corrected chi connectivity index (χ2v) is 7.01. The molecule has 0 spiro atoms. The van der Waals surface area contributed by atoms with Crippen LogP contribution in [0.15, 0.2) is 18.2 Å². The molecule has 0 fully saturated rings. The van der Waals surface area contributed by atoms with Gasteiger partial charge in [-0.05, 0) is 50.2 Å². The summed E-state index contributed by atoms with van der Waals surface area (Å²) in [6.07, 6.45) is 0. The first kappa shape index (κ1) is 16.8. The summed E-state index contributed by atoms with van der Waals surface area (Å²) in [6, 6.07) is 5.78. The van der Waals surface area contributed by atoms with E-state index in [1.165, 1.54) is 0 Å². The molecule has 0 heterocycles. The average Bonchev–Trinajstić information content (AvgIpc) is 2.27. The zero-order valence-electron chi connectivity index (χ0n) is 12.4. The van der Waals surface area contributed by atoms with Crippen LogP contribution in [0.25, 0.3) is 0 Å². The van der Waals surface area contributed by atoms with Crippen LogP contribution in [0.1, 0.15) is 32.4 Å². The molecule has 1 N–H and O–H groups in total. The number of rotatable bonds is 6. The Morgan fingerprint density at radius 3 is 2.47 bits per heavy atom. The minimum absolute atomic E-state index is 0.188. The van der Waals surface area contributed by atoms with Crippen molar-refractivity contribution < 1.29 is 0 Å². The minimum atomic E-state index is 0.188. The zero-order chi connectivity index (χ0) is 14.6. The second-order valence-electron chi connectivity index (χ2n) is 6.17. The van der Waals surface area contributed by atoms with E-state index < -0.39 is 0 Å². The monoisotopic (exact) mass is 302 g/mol. The molecular weight excluding hydrogens is 279 g/mol. The molecule has 1 aromatic carbocycles. The lowest BCUT2D eigenvalue weighted by atomic mass is 9.92. The molecule has 1 rings (SSSR count). The highest BCUT2D eigenvalue weighted by atomic mass is 35.5. The summed E-state index contributed by atoms with van der Waals surface area (Å²) >= 11 is 12.2. The molecule has 0 radical (unpaired) electrons. The smallest absolute Gasteiger partial charge is 0.0454 e. The van der Waals surface area contributed by atoms with E-state index in [0.717, 1.165) is 28.7 Å². The van der Waals surface area contributed by atoms with Crippen molar-refractivity contribution in [3.63, 3.8) is 0 Å². The summed E-state index contributed by atoms with van der Waals surface area (Å²) < 4.78 is 0. The van der Waals surface area contributed by atoms with Crippen LogP contribution in [-0.2, 0) is 0 Å². The summed E-state index contributed by atoms with van der Waals surface area (Å²) in [5.41, 5.74) is 1.26. The maximum absolute atomic E-state index is 6.22. The van der Waals surface area contributed by atoms with Crippen molar-refractivity contribution in [1.29, 1.82) is 0 Å². The van der Waals surface area contributed by atoms with Crippen molar-refractivity contribution >= 4 is 23.2 Å². The van der Waals surface area contributed by atoms with E-state index in [1.54, 1.807) is 0 Å². The van der Waals surface area contributed by atoms with Crippen LogP contribution in [0.2, 0.25) is 10.0 Å². The van der Waals surface area contributed by atoms with Gasteiger partial charge in [-0.1, -0.05) is 37.0 Å². The van der Waals surface area contributed by atoms with Crippen molar-refractivity contribution in [2.24, 2.45) is 5.41 Å². The van der Waals surface area contributed by atoms with Crippen LogP contribution in [0, 0.1) is 5.41 Å². The van der Waals surface area contributed by atoms with Crippen LogP contribution in [0.3, 0.4) is 0 Å². The predicted octanol–water partition coefficient (Wildman–Crippen LogP) is 4.23. The van der Waals surface area contributed by atoms with Crippen LogP contribution < -0.4 is 5.32 Å². The van der Waals surface area contributed by atoms with Crippen LogP contribution >= 0.6 is 23.2 Å². The predicted molar refractivity (Wildman–Crippen MR) is 85.2 cm³/mol. The minimum Gasteiger partial charge on any atom is -0.310 e. The largest absolute Gasteiger partial charge is 0.310 e. The molecule has 19 heavy (non-hydrogen) atoms. The Morgan fingerprint density at radius 2 is 1.89 bits per heavy atom. The van der Waals surface area contributed by atoms with E-state index in [1.807, 2.05) is 18.2 Å². The Kier molecular flexibility index (Phi) is 6.13. The first-order chi connectivity index (χ1) is 8.71.